The molecule has 0 amide bonds. The quantitative estimate of drug-likeness (QED) is 0.129. The predicted octanol–water partition coefficient (Wildman–Crippen LogP) is 7.24. The van der Waals surface area contributed by atoms with Crippen molar-refractivity contribution in [1.82, 2.24) is 27.6 Å². The van der Waals surface area contributed by atoms with Gasteiger partial charge in [0.05, 0.1) is 37.9 Å². The van der Waals surface area contributed by atoms with E-state index in [-0.39, 0.29) is 0 Å². The van der Waals surface area contributed by atoms with Gasteiger partial charge >= 0.3 is 0 Å². The topological polar surface area (TPSA) is 26.2 Å². The third-order valence-corrected chi connectivity index (χ3v) is 15.0. The molecule has 0 aromatic carbocycles. The Hall–Kier alpha value is -0.360. The summed E-state index contributed by atoms with van der Waals surface area (Å²) in [6.45, 7) is 26.7. The van der Waals surface area contributed by atoms with Crippen LogP contribution < -0.4 is 21.7 Å². The minimum atomic E-state index is -0.750. The molecule has 0 saturated carbocycles. The Bertz CT molecular complexity index is 1020. The molecule has 0 fully saturated rings. The van der Waals surface area contributed by atoms with Gasteiger partial charge < -0.3 is 18.3 Å². The maximum atomic E-state index is 6.40. The van der Waals surface area contributed by atoms with E-state index in [0.717, 1.165) is 87.6 Å². The van der Waals surface area contributed by atoms with Gasteiger partial charge in [-0.2, -0.15) is 0 Å². The number of rotatable bonds is 18. The number of fused-ring (bicyclic) bond motifs is 2. The first-order valence-electron chi connectivity index (χ1n) is 16.2. The van der Waals surface area contributed by atoms with Crippen molar-refractivity contribution in [3.63, 3.8) is 0 Å². The van der Waals surface area contributed by atoms with Crippen LogP contribution in [0.2, 0.25) is 0 Å². The number of unbranched alkanes of at least 4 members (excludes halogenated alkanes) is 4. The molecular weight excluding hydrogens is 570 g/mol. The van der Waals surface area contributed by atoms with Crippen LogP contribution in [-0.4, -0.2) is 53.8 Å². The summed E-state index contributed by atoms with van der Waals surface area (Å²) in [6.07, 6.45) is 9.36. The lowest BCUT2D eigenvalue weighted by atomic mass is 10.3. The molecule has 0 atom stereocenters. The summed E-state index contributed by atoms with van der Waals surface area (Å²) >= 11 is 12.8. The van der Waals surface area contributed by atoms with Crippen LogP contribution in [0.5, 0.6) is 0 Å². The van der Waals surface area contributed by atoms with E-state index >= 15 is 0 Å². The second-order valence-corrected chi connectivity index (χ2v) is 15.6. The van der Waals surface area contributed by atoms with Gasteiger partial charge in [0.15, 0.2) is 9.54 Å². The first-order chi connectivity index (χ1) is 19.4. The van der Waals surface area contributed by atoms with Crippen LogP contribution in [0.1, 0.15) is 107 Å². The predicted molar refractivity (Wildman–Crippen MR) is 184 cm³/mol. The summed E-state index contributed by atoms with van der Waals surface area (Å²) < 4.78 is 17.9. The van der Waals surface area contributed by atoms with E-state index in [9.17, 15) is 0 Å². The van der Waals surface area contributed by atoms with E-state index in [1.54, 1.807) is 0 Å². The molecule has 3 heterocycles. The molecule has 1 aliphatic heterocycles. The highest BCUT2D eigenvalue weighted by molar-refractivity contribution is 7.82. The summed E-state index contributed by atoms with van der Waals surface area (Å²) in [4.78, 5) is 0. The molecule has 1 aliphatic rings. The minimum Gasteiger partial charge on any atom is -0.315 e. The lowest BCUT2D eigenvalue weighted by molar-refractivity contribution is 0.508. The number of aromatic nitrogens is 4. The lowest BCUT2D eigenvalue weighted by Gasteiger charge is -2.41. The van der Waals surface area contributed by atoms with Gasteiger partial charge in [-0.05, 0) is 76.3 Å². The van der Waals surface area contributed by atoms with Crippen LogP contribution in [0, 0.1) is 9.54 Å². The second kappa shape index (κ2) is 16.5. The first-order valence-corrected chi connectivity index (χ1v) is 19.6. The SMILES string of the molecule is CCCCn1c2c(n(CCCC)c1=S)P(N(CC)CC)c1c(n(CCCC)c(=S)n1CCCC)P2N(CC)CC. The van der Waals surface area contributed by atoms with E-state index in [0.29, 0.717) is 0 Å². The van der Waals surface area contributed by atoms with Crippen LogP contribution in [0.25, 0.3) is 0 Å². The van der Waals surface area contributed by atoms with E-state index in [2.05, 4.69) is 83.0 Å². The Balaban J connectivity index is 2.55. The maximum absolute atomic E-state index is 6.40. The Morgan fingerprint density at radius 1 is 0.450 bits per heavy atom. The van der Waals surface area contributed by atoms with Crippen molar-refractivity contribution in [2.45, 2.75) is 133 Å². The second-order valence-electron chi connectivity index (χ2n) is 10.8. The number of hydrogen-bond acceptors (Lipinski definition) is 4. The van der Waals surface area contributed by atoms with Gasteiger partial charge in [0.25, 0.3) is 0 Å². The molecule has 0 bridgehead atoms. The fraction of sp³-hybridized carbons (Fsp3) is 0.800. The maximum Gasteiger partial charge on any atom is 0.180 e. The molecule has 0 spiro atoms. The lowest BCUT2D eigenvalue weighted by Crippen LogP contribution is -2.53. The van der Waals surface area contributed by atoms with Gasteiger partial charge in [0.1, 0.15) is 0 Å². The molecule has 0 radical (unpaired) electrons. The zero-order valence-corrected chi connectivity index (χ0v) is 30.1. The monoisotopic (exact) mass is 626 g/mol. The fourth-order valence-electron chi connectivity index (χ4n) is 5.79. The normalized spacial score (nSPS) is 16.8. The molecule has 0 unspecified atom stereocenters. The van der Waals surface area contributed by atoms with Crippen molar-refractivity contribution in [1.29, 1.82) is 0 Å². The first kappa shape index (κ1) is 34.1. The summed E-state index contributed by atoms with van der Waals surface area (Å²) in [5.74, 6) is 0. The Morgan fingerprint density at radius 2 is 0.675 bits per heavy atom. The van der Waals surface area contributed by atoms with Crippen LogP contribution >= 0.6 is 40.6 Å². The highest BCUT2D eigenvalue weighted by Gasteiger charge is 2.46. The van der Waals surface area contributed by atoms with Crippen LogP contribution in [0.15, 0.2) is 0 Å². The standard InChI is InChI=1S/C30H56N6P2S2/c1-9-17-21-33-25-26(34(29(33)39)22-18-10-2)38(32(15-7)16-8)28-27(37(25)31(13-5)14-6)35(23-19-11-3)30(40)36(28)24-20-12-4/h9-24H2,1-8H3. The average molecular weight is 627 g/mol. The zero-order valence-electron chi connectivity index (χ0n) is 26.7. The minimum absolute atomic E-state index is 0.750. The van der Waals surface area contributed by atoms with Crippen molar-refractivity contribution >= 4 is 62.3 Å². The average Bonchev–Trinajstić information content (AvgIpc) is 3.39. The van der Waals surface area contributed by atoms with Crippen LogP contribution in [0.4, 0.5) is 0 Å². The molecule has 6 nitrogen and oxygen atoms in total. The number of hydrogen-bond donors (Lipinski definition) is 0. The highest BCUT2D eigenvalue weighted by atomic mass is 32.1. The van der Waals surface area contributed by atoms with Gasteiger partial charge in [-0.15, -0.1) is 0 Å². The van der Waals surface area contributed by atoms with Gasteiger partial charge in [-0.3, -0.25) is 9.34 Å². The van der Waals surface area contributed by atoms with Gasteiger partial charge in [-0.25, -0.2) is 0 Å². The number of imidazole rings is 2. The van der Waals surface area contributed by atoms with E-state index < -0.39 is 16.1 Å². The van der Waals surface area contributed by atoms with Crippen LogP contribution in [0.3, 0.4) is 0 Å². The largest absolute Gasteiger partial charge is 0.315 e. The summed E-state index contributed by atoms with van der Waals surface area (Å²) in [6, 6.07) is 0. The summed E-state index contributed by atoms with van der Waals surface area (Å²) in [5.41, 5.74) is 6.14. The molecule has 0 saturated heterocycles. The molecule has 228 valence electrons. The van der Waals surface area contributed by atoms with Crippen LogP contribution in [-0.2, 0) is 26.2 Å². The van der Waals surface area contributed by atoms with Gasteiger partial charge in [-0.1, -0.05) is 81.1 Å². The third-order valence-electron chi connectivity index (χ3n) is 8.12. The Morgan fingerprint density at radius 3 is 0.850 bits per heavy atom. The highest BCUT2D eigenvalue weighted by Crippen LogP contribution is 2.50. The molecule has 0 aliphatic carbocycles. The molecule has 10 heteroatoms. The third kappa shape index (κ3) is 6.58. The van der Waals surface area contributed by atoms with Crippen molar-refractivity contribution in [3.8, 4) is 0 Å². The molecule has 0 N–H and O–H groups in total. The molecular formula is C30H56N6P2S2. The van der Waals surface area contributed by atoms with E-state index in [1.165, 1.54) is 47.4 Å². The van der Waals surface area contributed by atoms with Gasteiger partial charge in [0, 0.05) is 26.2 Å². The van der Waals surface area contributed by atoms with Crippen molar-refractivity contribution in [2.75, 3.05) is 26.2 Å². The molecule has 2 aromatic heterocycles. The summed E-state index contributed by atoms with van der Waals surface area (Å²) in [5, 5.41) is 0. The van der Waals surface area contributed by atoms with E-state index in [1.807, 2.05) is 0 Å². The zero-order chi connectivity index (χ0) is 29.4. The molecule has 3 rings (SSSR count). The Kier molecular flexibility index (Phi) is 14.1. The van der Waals surface area contributed by atoms with Gasteiger partial charge in [0.2, 0.25) is 0 Å². The Labute approximate surface area is 257 Å². The fourth-order valence-corrected chi connectivity index (χ4v) is 13.5. The smallest absolute Gasteiger partial charge is 0.180 e. The molecule has 2 aromatic rings. The van der Waals surface area contributed by atoms with Crippen molar-refractivity contribution in [3.05, 3.63) is 9.54 Å². The number of nitrogens with zero attached hydrogens (tertiary/aromatic N) is 6. The van der Waals surface area contributed by atoms with Crippen molar-refractivity contribution < 1.29 is 0 Å². The summed E-state index contributed by atoms with van der Waals surface area (Å²) in [7, 11) is -1.50. The molecule has 40 heavy (non-hydrogen) atoms. The van der Waals surface area contributed by atoms with Crippen molar-refractivity contribution in [2.24, 2.45) is 0 Å². The van der Waals surface area contributed by atoms with E-state index in [4.69, 9.17) is 24.4 Å².